The van der Waals surface area contributed by atoms with Gasteiger partial charge in [-0.15, -0.1) is 0 Å². The number of carbonyl (C=O) groups excluding carboxylic acids is 1. The molecule has 2 amide bonds. The Morgan fingerprint density at radius 1 is 1.25 bits per heavy atom. The van der Waals surface area contributed by atoms with Crippen LogP contribution in [0.15, 0.2) is 48.5 Å². The average molecular weight is 332 g/mol. The molecule has 128 valence electrons. The molecule has 0 radical (unpaired) electrons. The van der Waals surface area contributed by atoms with E-state index in [0.717, 1.165) is 11.1 Å². The van der Waals surface area contributed by atoms with Gasteiger partial charge >= 0.3 is 6.03 Å². The average Bonchev–Trinajstić information content (AvgIpc) is 2.58. The summed E-state index contributed by atoms with van der Waals surface area (Å²) in [5, 5.41) is 15.4. The van der Waals surface area contributed by atoms with Crippen LogP contribution in [0.5, 0.6) is 5.75 Å². The van der Waals surface area contributed by atoms with Crippen molar-refractivity contribution in [2.45, 2.75) is 13.0 Å². The number of anilines is 1. The molecule has 3 N–H and O–H groups in total. The molecule has 0 aliphatic carbocycles. The number of hydrogen-bond acceptors (Lipinski definition) is 3. The topological polar surface area (TPSA) is 70.6 Å². The first-order valence-corrected chi connectivity index (χ1v) is 7.67. The van der Waals surface area contributed by atoms with Crippen molar-refractivity contribution in [3.8, 4) is 5.75 Å². The number of alkyl halides is 1. The number of hydrogen-bond donors (Lipinski definition) is 3. The lowest BCUT2D eigenvalue weighted by atomic mass is 10.0. The van der Waals surface area contributed by atoms with Crippen molar-refractivity contribution in [3.63, 3.8) is 0 Å². The van der Waals surface area contributed by atoms with E-state index in [4.69, 9.17) is 4.74 Å². The van der Waals surface area contributed by atoms with Crippen molar-refractivity contribution in [2.75, 3.05) is 25.1 Å². The van der Waals surface area contributed by atoms with Crippen molar-refractivity contribution >= 4 is 11.7 Å². The van der Waals surface area contributed by atoms with Gasteiger partial charge in [0, 0.05) is 18.3 Å². The maximum atomic E-state index is 12.1. The minimum atomic E-state index is -0.781. The standard InChI is InChI=1S/C18H21FN2O3/c1-13-5-2-3-8-16(13)17(22)12-20-18(23)21-14-6-4-7-15(11-14)24-10-9-19/h2-8,11,17,22H,9-10,12H2,1H3,(H2,20,21,23). The lowest BCUT2D eigenvalue weighted by molar-refractivity contribution is 0.174. The lowest BCUT2D eigenvalue weighted by Gasteiger charge is -2.15. The summed E-state index contributed by atoms with van der Waals surface area (Å²) in [5.74, 6) is 0.477. The van der Waals surface area contributed by atoms with Gasteiger partial charge < -0.3 is 20.5 Å². The van der Waals surface area contributed by atoms with Crippen LogP contribution in [0.3, 0.4) is 0 Å². The number of aliphatic hydroxyl groups is 1. The van der Waals surface area contributed by atoms with Gasteiger partial charge in [-0.3, -0.25) is 0 Å². The number of ether oxygens (including phenoxy) is 1. The molecule has 0 fully saturated rings. The Morgan fingerprint density at radius 3 is 2.79 bits per heavy atom. The molecule has 0 aliphatic heterocycles. The summed E-state index contributed by atoms with van der Waals surface area (Å²) >= 11 is 0. The minimum Gasteiger partial charge on any atom is -0.491 e. The smallest absolute Gasteiger partial charge is 0.319 e. The molecule has 0 aromatic heterocycles. The summed E-state index contributed by atoms with van der Waals surface area (Å²) in [6.07, 6.45) is -0.781. The Kier molecular flexibility index (Phi) is 6.57. The molecule has 2 aromatic rings. The second kappa shape index (κ2) is 8.88. The normalized spacial score (nSPS) is 11.6. The highest BCUT2D eigenvalue weighted by molar-refractivity contribution is 5.89. The molecule has 0 spiro atoms. The van der Waals surface area contributed by atoms with Crippen molar-refractivity contribution in [1.82, 2.24) is 5.32 Å². The Morgan fingerprint density at radius 2 is 2.04 bits per heavy atom. The number of benzene rings is 2. The number of rotatable bonds is 7. The first-order chi connectivity index (χ1) is 11.6. The predicted octanol–water partition coefficient (Wildman–Crippen LogP) is 3.20. The molecule has 0 bridgehead atoms. The molecular formula is C18H21FN2O3. The van der Waals surface area contributed by atoms with E-state index in [2.05, 4.69) is 10.6 Å². The zero-order chi connectivity index (χ0) is 17.4. The monoisotopic (exact) mass is 332 g/mol. The summed E-state index contributed by atoms with van der Waals surface area (Å²) in [6, 6.07) is 13.7. The van der Waals surface area contributed by atoms with Crippen LogP contribution < -0.4 is 15.4 Å². The molecule has 6 heteroatoms. The summed E-state index contributed by atoms with van der Waals surface area (Å²) in [7, 11) is 0. The molecule has 5 nitrogen and oxygen atoms in total. The van der Waals surface area contributed by atoms with Gasteiger partial charge in [0.1, 0.15) is 19.0 Å². The lowest BCUT2D eigenvalue weighted by Crippen LogP contribution is -2.32. The molecule has 2 rings (SSSR count). The maximum Gasteiger partial charge on any atom is 0.319 e. The van der Waals surface area contributed by atoms with Crippen molar-refractivity contribution < 1.29 is 19.0 Å². The van der Waals surface area contributed by atoms with Gasteiger partial charge in [0.25, 0.3) is 0 Å². The number of aliphatic hydroxyl groups excluding tert-OH is 1. The largest absolute Gasteiger partial charge is 0.491 e. The van der Waals surface area contributed by atoms with E-state index in [9.17, 15) is 14.3 Å². The number of amides is 2. The molecule has 2 aromatic carbocycles. The van der Waals surface area contributed by atoms with Crippen LogP contribution in [0, 0.1) is 6.92 Å². The molecule has 1 atom stereocenters. The Labute approximate surface area is 140 Å². The first kappa shape index (κ1) is 17.7. The molecule has 24 heavy (non-hydrogen) atoms. The third-order valence-corrected chi connectivity index (χ3v) is 3.44. The van der Waals surface area contributed by atoms with Crippen LogP contribution >= 0.6 is 0 Å². The van der Waals surface area contributed by atoms with E-state index in [1.54, 1.807) is 24.3 Å². The number of aryl methyl sites for hydroxylation is 1. The Balaban J connectivity index is 1.86. The van der Waals surface area contributed by atoms with Crippen LogP contribution in [0.1, 0.15) is 17.2 Å². The van der Waals surface area contributed by atoms with E-state index in [0.29, 0.717) is 11.4 Å². The fraction of sp³-hybridized carbons (Fsp3) is 0.278. The Hall–Kier alpha value is -2.60. The summed E-state index contributed by atoms with van der Waals surface area (Å²) in [5.41, 5.74) is 2.26. The molecule has 0 saturated carbocycles. The number of halogens is 1. The highest BCUT2D eigenvalue weighted by Gasteiger charge is 2.11. The summed E-state index contributed by atoms with van der Waals surface area (Å²) in [6.45, 7) is 1.39. The molecular weight excluding hydrogens is 311 g/mol. The third-order valence-electron chi connectivity index (χ3n) is 3.44. The highest BCUT2D eigenvalue weighted by atomic mass is 19.1. The van der Waals surface area contributed by atoms with Gasteiger partial charge in [-0.25, -0.2) is 9.18 Å². The highest BCUT2D eigenvalue weighted by Crippen LogP contribution is 2.18. The maximum absolute atomic E-state index is 12.1. The fourth-order valence-corrected chi connectivity index (χ4v) is 2.26. The SMILES string of the molecule is Cc1ccccc1C(O)CNC(=O)Nc1cccc(OCCF)c1. The predicted molar refractivity (Wildman–Crippen MR) is 91.1 cm³/mol. The van der Waals surface area contributed by atoms with Gasteiger partial charge in [0.05, 0.1) is 6.10 Å². The van der Waals surface area contributed by atoms with Crippen LogP contribution in [-0.4, -0.2) is 31.0 Å². The van der Waals surface area contributed by atoms with Gasteiger partial charge in [-0.1, -0.05) is 30.3 Å². The van der Waals surface area contributed by atoms with Gasteiger partial charge in [-0.05, 0) is 30.2 Å². The van der Waals surface area contributed by atoms with E-state index < -0.39 is 18.8 Å². The third kappa shape index (κ3) is 5.24. The number of urea groups is 1. The molecule has 0 aliphatic rings. The van der Waals surface area contributed by atoms with Crippen LogP contribution in [0.2, 0.25) is 0 Å². The zero-order valence-electron chi connectivity index (χ0n) is 13.5. The second-order valence-corrected chi connectivity index (χ2v) is 5.27. The zero-order valence-corrected chi connectivity index (χ0v) is 13.5. The fourth-order valence-electron chi connectivity index (χ4n) is 2.26. The van der Waals surface area contributed by atoms with Gasteiger partial charge in [0.15, 0.2) is 0 Å². The molecule has 0 saturated heterocycles. The quantitative estimate of drug-likeness (QED) is 0.729. The van der Waals surface area contributed by atoms with Crippen LogP contribution in [-0.2, 0) is 0 Å². The van der Waals surface area contributed by atoms with Crippen molar-refractivity contribution in [3.05, 3.63) is 59.7 Å². The molecule has 1 unspecified atom stereocenters. The van der Waals surface area contributed by atoms with Crippen LogP contribution in [0.4, 0.5) is 14.9 Å². The van der Waals surface area contributed by atoms with Crippen molar-refractivity contribution in [2.24, 2.45) is 0 Å². The van der Waals surface area contributed by atoms with E-state index in [1.165, 1.54) is 0 Å². The van der Waals surface area contributed by atoms with Gasteiger partial charge in [0.2, 0.25) is 0 Å². The van der Waals surface area contributed by atoms with E-state index in [-0.39, 0.29) is 13.2 Å². The van der Waals surface area contributed by atoms with E-state index >= 15 is 0 Å². The molecule has 0 heterocycles. The summed E-state index contributed by atoms with van der Waals surface area (Å²) < 4.78 is 17.3. The number of nitrogens with one attached hydrogen (secondary N) is 2. The Bertz CT molecular complexity index is 679. The van der Waals surface area contributed by atoms with Crippen molar-refractivity contribution in [1.29, 1.82) is 0 Å². The van der Waals surface area contributed by atoms with E-state index in [1.807, 2.05) is 31.2 Å². The number of carbonyl (C=O) groups is 1. The second-order valence-electron chi connectivity index (χ2n) is 5.27. The summed E-state index contributed by atoms with van der Waals surface area (Å²) in [4.78, 5) is 11.9. The first-order valence-electron chi connectivity index (χ1n) is 7.67. The van der Waals surface area contributed by atoms with Crippen LogP contribution in [0.25, 0.3) is 0 Å². The van der Waals surface area contributed by atoms with Gasteiger partial charge in [-0.2, -0.15) is 0 Å². The minimum absolute atomic E-state index is 0.0295.